The van der Waals surface area contributed by atoms with Gasteiger partial charge in [-0.3, -0.25) is 14.6 Å². The summed E-state index contributed by atoms with van der Waals surface area (Å²) in [4.78, 5) is 26.4. The van der Waals surface area contributed by atoms with Gasteiger partial charge in [0, 0.05) is 25.2 Å². The molecule has 0 bridgehead atoms. The molecule has 0 spiro atoms. The first-order chi connectivity index (χ1) is 8.68. The summed E-state index contributed by atoms with van der Waals surface area (Å²) in [5.41, 5.74) is -0.0430. The van der Waals surface area contributed by atoms with E-state index in [0.29, 0.717) is 6.54 Å². The predicted molar refractivity (Wildman–Crippen MR) is 62.3 cm³/mol. The van der Waals surface area contributed by atoms with Crippen LogP contribution in [0.3, 0.4) is 0 Å². The van der Waals surface area contributed by atoms with Crippen LogP contribution in [-0.4, -0.2) is 29.9 Å². The van der Waals surface area contributed by atoms with Gasteiger partial charge in [-0.15, -0.1) is 0 Å². The van der Waals surface area contributed by atoms with Crippen molar-refractivity contribution in [3.8, 4) is 0 Å². The lowest BCUT2D eigenvalue weighted by Gasteiger charge is -2.07. The Balaban J connectivity index is 1.71. The molecule has 0 aliphatic heterocycles. The van der Waals surface area contributed by atoms with Gasteiger partial charge in [0.15, 0.2) is 5.82 Å². The van der Waals surface area contributed by atoms with Gasteiger partial charge in [0.1, 0.15) is 0 Å². The maximum atomic E-state index is 13.2. The second kappa shape index (κ2) is 5.57. The van der Waals surface area contributed by atoms with E-state index in [1.54, 1.807) is 0 Å². The molecule has 1 aromatic rings. The molecule has 2 amide bonds. The fourth-order valence-corrected chi connectivity index (χ4v) is 1.51. The standard InChI is InChI=1S/C12H14FN3O2/c13-10-7-14-4-3-9(10)12(18)16-6-5-15-11(17)8-1-2-8/h3-4,7-8H,1-2,5-6H2,(H,15,17)(H,16,18). The van der Waals surface area contributed by atoms with Crippen LogP contribution in [0.2, 0.25) is 0 Å². The van der Waals surface area contributed by atoms with Crippen molar-refractivity contribution >= 4 is 11.8 Å². The van der Waals surface area contributed by atoms with Gasteiger partial charge in [0.25, 0.3) is 5.91 Å². The molecule has 1 heterocycles. The number of carbonyl (C=O) groups excluding carboxylic acids is 2. The van der Waals surface area contributed by atoms with Crippen LogP contribution in [0.5, 0.6) is 0 Å². The monoisotopic (exact) mass is 251 g/mol. The Morgan fingerprint density at radius 2 is 2.06 bits per heavy atom. The molecule has 5 nitrogen and oxygen atoms in total. The van der Waals surface area contributed by atoms with Crippen LogP contribution in [0.1, 0.15) is 23.2 Å². The first-order valence-corrected chi connectivity index (χ1v) is 5.84. The second-order valence-electron chi connectivity index (χ2n) is 4.18. The molecule has 2 N–H and O–H groups in total. The van der Waals surface area contributed by atoms with Crippen LogP contribution in [0.25, 0.3) is 0 Å². The van der Waals surface area contributed by atoms with E-state index in [-0.39, 0.29) is 23.9 Å². The molecular weight excluding hydrogens is 237 g/mol. The van der Waals surface area contributed by atoms with Crippen molar-refractivity contribution in [2.75, 3.05) is 13.1 Å². The van der Waals surface area contributed by atoms with E-state index in [2.05, 4.69) is 15.6 Å². The zero-order chi connectivity index (χ0) is 13.0. The molecule has 1 aliphatic carbocycles. The minimum absolute atomic E-state index is 0.0272. The molecule has 0 aromatic carbocycles. The number of nitrogens with zero attached hydrogens (tertiary/aromatic N) is 1. The molecule has 0 unspecified atom stereocenters. The van der Waals surface area contributed by atoms with Gasteiger partial charge in [-0.2, -0.15) is 0 Å². The van der Waals surface area contributed by atoms with Gasteiger partial charge in [-0.05, 0) is 18.9 Å². The first kappa shape index (κ1) is 12.5. The number of nitrogens with one attached hydrogen (secondary N) is 2. The zero-order valence-electron chi connectivity index (χ0n) is 9.78. The molecule has 1 aliphatic rings. The number of hydrogen-bond donors (Lipinski definition) is 2. The molecule has 1 aromatic heterocycles. The number of hydrogen-bond acceptors (Lipinski definition) is 3. The van der Waals surface area contributed by atoms with Gasteiger partial charge in [0.05, 0.1) is 11.8 Å². The fourth-order valence-electron chi connectivity index (χ4n) is 1.51. The highest BCUT2D eigenvalue weighted by Gasteiger charge is 2.28. The van der Waals surface area contributed by atoms with Crippen LogP contribution in [0, 0.1) is 11.7 Å². The van der Waals surface area contributed by atoms with E-state index in [0.717, 1.165) is 19.0 Å². The lowest BCUT2D eigenvalue weighted by molar-refractivity contribution is -0.122. The number of rotatable bonds is 5. The second-order valence-corrected chi connectivity index (χ2v) is 4.18. The molecule has 0 atom stereocenters. The maximum absolute atomic E-state index is 13.2. The van der Waals surface area contributed by atoms with Crippen LogP contribution < -0.4 is 10.6 Å². The molecule has 6 heteroatoms. The molecule has 96 valence electrons. The Labute approximate surface area is 104 Å². The van der Waals surface area contributed by atoms with Gasteiger partial charge in [-0.25, -0.2) is 4.39 Å². The van der Waals surface area contributed by atoms with Crippen molar-refractivity contribution in [3.05, 3.63) is 29.8 Å². The third-order valence-electron chi connectivity index (χ3n) is 2.68. The number of amides is 2. The van der Waals surface area contributed by atoms with E-state index >= 15 is 0 Å². The van der Waals surface area contributed by atoms with Crippen LogP contribution in [0.15, 0.2) is 18.5 Å². The van der Waals surface area contributed by atoms with Gasteiger partial charge >= 0.3 is 0 Å². The third-order valence-corrected chi connectivity index (χ3v) is 2.68. The summed E-state index contributed by atoms with van der Waals surface area (Å²) >= 11 is 0. The zero-order valence-corrected chi connectivity index (χ0v) is 9.78. The van der Waals surface area contributed by atoms with Crippen LogP contribution >= 0.6 is 0 Å². The Hall–Kier alpha value is -1.98. The summed E-state index contributed by atoms with van der Waals surface area (Å²) in [7, 11) is 0. The molecular formula is C12H14FN3O2. The normalized spacial score (nSPS) is 14.1. The fraction of sp³-hybridized carbons (Fsp3) is 0.417. The molecule has 1 fully saturated rings. The summed E-state index contributed by atoms with van der Waals surface area (Å²) < 4.78 is 13.2. The van der Waals surface area contributed by atoms with Crippen molar-refractivity contribution in [1.82, 2.24) is 15.6 Å². The van der Waals surface area contributed by atoms with Crippen molar-refractivity contribution in [3.63, 3.8) is 0 Å². The SMILES string of the molecule is O=C(NCCNC(=O)C1CC1)c1ccncc1F. The average Bonchev–Trinajstić information content (AvgIpc) is 3.19. The highest BCUT2D eigenvalue weighted by Crippen LogP contribution is 2.28. The van der Waals surface area contributed by atoms with Crippen LogP contribution in [0.4, 0.5) is 4.39 Å². The third kappa shape index (κ3) is 3.26. The maximum Gasteiger partial charge on any atom is 0.254 e. The average molecular weight is 251 g/mol. The van der Waals surface area contributed by atoms with Gasteiger partial charge in [-0.1, -0.05) is 0 Å². The molecule has 0 saturated heterocycles. The summed E-state index contributed by atoms with van der Waals surface area (Å²) in [5.74, 6) is -0.981. The van der Waals surface area contributed by atoms with E-state index in [9.17, 15) is 14.0 Å². The van der Waals surface area contributed by atoms with Gasteiger partial charge < -0.3 is 10.6 Å². The number of pyridine rings is 1. The summed E-state index contributed by atoms with van der Waals surface area (Å²) in [6, 6.07) is 1.31. The summed E-state index contributed by atoms with van der Waals surface area (Å²) in [5, 5.41) is 5.24. The minimum atomic E-state index is -0.656. The lowest BCUT2D eigenvalue weighted by atomic mass is 10.2. The van der Waals surface area contributed by atoms with E-state index in [1.807, 2.05) is 0 Å². The molecule has 2 rings (SSSR count). The van der Waals surface area contributed by atoms with Crippen LogP contribution in [-0.2, 0) is 4.79 Å². The Bertz CT molecular complexity index is 460. The number of carbonyl (C=O) groups is 2. The summed E-state index contributed by atoms with van der Waals surface area (Å²) in [6.07, 6.45) is 4.23. The highest BCUT2D eigenvalue weighted by atomic mass is 19.1. The van der Waals surface area contributed by atoms with Crippen molar-refractivity contribution in [1.29, 1.82) is 0 Å². The molecule has 0 radical (unpaired) electrons. The topological polar surface area (TPSA) is 71.1 Å². The Morgan fingerprint density at radius 3 is 2.72 bits per heavy atom. The predicted octanol–water partition coefficient (Wildman–Crippen LogP) is 0.477. The smallest absolute Gasteiger partial charge is 0.254 e. The van der Waals surface area contributed by atoms with Gasteiger partial charge in [0.2, 0.25) is 5.91 Å². The first-order valence-electron chi connectivity index (χ1n) is 5.84. The van der Waals surface area contributed by atoms with Crippen molar-refractivity contribution in [2.24, 2.45) is 5.92 Å². The lowest BCUT2D eigenvalue weighted by Crippen LogP contribution is -2.35. The Morgan fingerprint density at radius 1 is 1.33 bits per heavy atom. The van der Waals surface area contributed by atoms with E-state index < -0.39 is 11.7 Å². The number of halogens is 1. The molecule has 18 heavy (non-hydrogen) atoms. The largest absolute Gasteiger partial charge is 0.354 e. The summed E-state index contributed by atoms with van der Waals surface area (Å²) in [6.45, 7) is 0.632. The molecule has 1 saturated carbocycles. The van der Waals surface area contributed by atoms with Crippen molar-refractivity contribution in [2.45, 2.75) is 12.8 Å². The number of aromatic nitrogens is 1. The van der Waals surface area contributed by atoms with E-state index in [1.165, 1.54) is 12.3 Å². The highest BCUT2D eigenvalue weighted by molar-refractivity contribution is 5.94. The van der Waals surface area contributed by atoms with E-state index in [4.69, 9.17) is 0 Å². The quantitative estimate of drug-likeness (QED) is 0.748. The Kier molecular flexibility index (Phi) is 3.86. The minimum Gasteiger partial charge on any atom is -0.354 e. The van der Waals surface area contributed by atoms with Crippen molar-refractivity contribution < 1.29 is 14.0 Å².